The zero-order valence-electron chi connectivity index (χ0n) is 10.9. The molecule has 3 N–H and O–H groups in total. The molecule has 2 rings (SSSR count). The summed E-state index contributed by atoms with van der Waals surface area (Å²) in [5.41, 5.74) is 0. The number of hydrogen-bond donors (Lipinski definition) is 2. The van der Waals surface area contributed by atoms with Crippen molar-refractivity contribution >= 4 is 31.4 Å². The van der Waals surface area contributed by atoms with Gasteiger partial charge in [-0.15, -0.1) is 11.3 Å². The molecule has 0 aliphatic rings. The predicted octanol–water partition coefficient (Wildman–Crippen LogP) is 0.916. The molecule has 0 aliphatic carbocycles. The van der Waals surface area contributed by atoms with Gasteiger partial charge in [-0.3, -0.25) is 0 Å². The molecule has 0 atom stereocenters. The second-order valence-electron chi connectivity index (χ2n) is 4.23. The van der Waals surface area contributed by atoms with Gasteiger partial charge in [-0.1, -0.05) is 18.2 Å². The average molecular weight is 346 g/mol. The van der Waals surface area contributed by atoms with Crippen molar-refractivity contribution in [3.63, 3.8) is 0 Å². The Bertz CT molecular complexity index is 811. The molecule has 114 valence electrons. The van der Waals surface area contributed by atoms with Gasteiger partial charge in [0.05, 0.1) is 4.90 Å². The van der Waals surface area contributed by atoms with Crippen molar-refractivity contribution < 1.29 is 16.8 Å². The molecule has 0 radical (unpaired) electrons. The molecule has 9 heteroatoms. The molecule has 0 saturated heterocycles. The number of thiophene rings is 1. The first-order valence-electron chi connectivity index (χ1n) is 5.95. The van der Waals surface area contributed by atoms with E-state index in [0.29, 0.717) is 6.42 Å². The maximum absolute atomic E-state index is 12.0. The molecule has 2 aromatic rings. The van der Waals surface area contributed by atoms with Gasteiger partial charge in [0.15, 0.2) is 0 Å². The molecule has 0 aliphatic heterocycles. The lowest BCUT2D eigenvalue weighted by Crippen LogP contribution is -2.25. The predicted molar refractivity (Wildman–Crippen MR) is 81.0 cm³/mol. The van der Waals surface area contributed by atoms with Crippen LogP contribution in [0, 0.1) is 0 Å². The normalized spacial score (nSPS) is 12.4. The molecule has 6 nitrogen and oxygen atoms in total. The van der Waals surface area contributed by atoms with Crippen LogP contribution in [-0.4, -0.2) is 23.4 Å². The van der Waals surface area contributed by atoms with Crippen molar-refractivity contribution in [3.8, 4) is 0 Å². The SMILES string of the molecule is NS(=O)(=O)c1ccc(CCNS(=O)(=O)c2ccccc2)s1. The molecule has 1 aromatic carbocycles. The topological polar surface area (TPSA) is 106 Å². The van der Waals surface area contributed by atoms with Gasteiger partial charge in [-0.25, -0.2) is 26.7 Å². The number of primary sulfonamides is 1. The lowest BCUT2D eigenvalue weighted by atomic mass is 10.3. The smallest absolute Gasteiger partial charge is 0.224 e. The Balaban J connectivity index is 1.97. The van der Waals surface area contributed by atoms with Crippen LogP contribution in [0.4, 0.5) is 0 Å². The van der Waals surface area contributed by atoms with Crippen LogP contribution in [0.1, 0.15) is 4.88 Å². The quantitative estimate of drug-likeness (QED) is 0.811. The Labute approximate surface area is 127 Å². The molecule has 0 amide bonds. The molecule has 21 heavy (non-hydrogen) atoms. The first-order chi connectivity index (χ1) is 9.79. The highest BCUT2D eigenvalue weighted by molar-refractivity contribution is 7.91. The highest BCUT2D eigenvalue weighted by Gasteiger charge is 2.14. The van der Waals surface area contributed by atoms with Crippen molar-refractivity contribution in [1.82, 2.24) is 4.72 Å². The van der Waals surface area contributed by atoms with E-state index >= 15 is 0 Å². The van der Waals surface area contributed by atoms with Gasteiger partial charge in [0.25, 0.3) is 0 Å². The van der Waals surface area contributed by atoms with Gasteiger partial charge in [-0.05, 0) is 30.7 Å². The fourth-order valence-electron chi connectivity index (χ4n) is 1.64. The molecule has 0 fully saturated rings. The van der Waals surface area contributed by atoms with Crippen LogP contribution in [0.5, 0.6) is 0 Å². The first-order valence-corrected chi connectivity index (χ1v) is 9.80. The minimum atomic E-state index is -3.70. The third-order valence-corrected chi connectivity index (χ3v) is 6.69. The van der Waals surface area contributed by atoms with Crippen LogP contribution in [0.15, 0.2) is 51.6 Å². The van der Waals surface area contributed by atoms with E-state index < -0.39 is 20.0 Å². The summed E-state index contributed by atoms with van der Waals surface area (Å²) in [5, 5.41) is 5.02. The van der Waals surface area contributed by atoms with Gasteiger partial charge in [0.1, 0.15) is 4.21 Å². The minimum absolute atomic E-state index is 0.0726. The van der Waals surface area contributed by atoms with E-state index in [1.807, 2.05) is 0 Å². The summed E-state index contributed by atoms with van der Waals surface area (Å²) in [5.74, 6) is 0. The molecule has 0 spiro atoms. The van der Waals surface area contributed by atoms with Crippen LogP contribution < -0.4 is 9.86 Å². The van der Waals surface area contributed by atoms with E-state index in [1.54, 1.807) is 24.3 Å². The van der Waals surface area contributed by atoms with Gasteiger partial charge in [0, 0.05) is 11.4 Å². The monoisotopic (exact) mass is 346 g/mol. The Morgan fingerprint density at radius 2 is 1.67 bits per heavy atom. The zero-order chi connectivity index (χ0) is 15.5. The Hall–Kier alpha value is -1.26. The van der Waals surface area contributed by atoms with Crippen molar-refractivity contribution in [2.45, 2.75) is 15.5 Å². The third-order valence-electron chi connectivity index (χ3n) is 2.63. The fraction of sp³-hybridized carbons (Fsp3) is 0.167. The second kappa shape index (κ2) is 6.24. The van der Waals surface area contributed by atoms with Crippen molar-refractivity contribution in [2.75, 3.05) is 6.54 Å². The van der Waals surface area contributed by atoms with E-state index in [1.165, 1.54) is 18.2 Å². The lowest BCUT2D eigenvalue weighted by Gasteiger charge is -2.05. The van der Waals surface area contributed by atoms with E-state index in [2.05, 4.69) is 4.72 Å². The molecule has 1 aromatic heterocycles. The summed E-state index contributed by atoms with van der Waals surface area (Å²) < 4.78 is 48.8. The number of rotatable bonds is 6. The number of hydrogen-bond acceptors (Lipinski definition) is 5. The highest BCUT2D eigenvalue weighted by atomic mass is 32.2. The van der Waals surface area contributed by atoms with E-state index in [9.17, 15) is 16.8 Å². The Kier molecular flexibility index (Phi) is 4.79. The van der Waals surface area contributed by atoms with Gasteiger partial charge >= 0.3 is 0 Å². The van der Waals surface area contributed by atoms with Gasteiger partial charge in [-0.2, -0.15) is 0 Å². The van der Waals surface area contributed by atoms with Crippen LogP contribution in [0.2, 0.25) is 0 Å². The molecule has 0 unspecified atom stereocenters. The first kappa shape index (κ1) is 16.1. The largest absolute Gasteiger partial charge is 0.247 e. The highest BCUT2D eigenvalue weighted by Crippen LogP contribution is 2.20. The van der Waals surface area contributed by atoms with E-state index in [0.717, 1.165) is 16.2 Å². The van der Waals surface area contributed by atoms with Gasteiger partial charge in [0.2, 0.25) is 20.0 Å². The zero-order valence-corrected chi connectivity index (χ0v) is 13.3. The fourth-order valence-corrected chi connectivity index (χ4v) is 4.47. The maximum Gasteiger partial charge on any atom is 0.247 e. The Morgan fingerprint density at radius 3 is 2.24 bits per heavy atom. The van der Waals surface area contributed by atoms with E-state index in [-0.39, 0.29) is 15.6 Å². The van der Waals surface area contributed by atoms with E-state index in [4.69, 9.17) is 5.14 Å². The summed E-state index contributed by atoms with van der Waals surface area (Å²) >= 11 is 1.04. The van der Waals surface area contributed by atoms with Crippen LogP contribution in [0.25, 0.3) is 0 Å². The minimum Gasteiger partial charge on any atom is -0.224 e. The van der Waals surface area contributed by atoms with Crippen molar-refractivity contribution in [3.05, 3.63) is 47.3 Å². The summed E-state index contributed by atoms with van der Waals surface area (Å²) in [7, 11) is -7.24. The van der Waals surface area contributed by atoms with Crippen molar-refractivity contribution in [2.24, 2.45) is 5.14 Å². The summed E-state index contributed by atoms with van der Waals surface area (Å²) in [4.78, 5) is 0.941. The van der Waals surface area contributed by atoms with Gasteiger partial charge < -0.3 is 0 Å². The third kappa shape index (κ3) is 4.35. The molecule has 1 heterocycles. The average Bonchev–Trinajstić information content (AvgIpc) is 2.88. The Morgan fingerprint density at radius 1 is 1.00 bits per heavy atom. The molecule has 0 bridgehead atoms. The maximum atomic E-state index is 12.0. The van der Waals surface area contributed by atoms with Crippen LogP contribution >= 0.6 is 11.3 Å². The summed E-state index contributed by atoms with van der Waals surface area (Å²) in [6, 6.07) is 11.1. The summed E-state index contributed by atoms with van der Waals surface area (Å²) in [6.07, 6.45) is 0.395. The standard InChI is InChI=1S/C12H14N2O4S3/c13-20(15,16)12-7-6-10(19-12)8-9-14-21(17,18)11-4-2-1-3-5-11/h1-7,14H,8-9H2,(H2,13,15,16). The van der Waals surface area contributed by atoms with Crippen LogP contribution in [-0.2, 0) is 26.5 Å². The number of nitrogens with one attached hydrogen (secondary N) is 1. The molecular formula is C12H14N2O4S3. The molecule has 0 saturated carbocycles. The van der Waals surface area contributed by atoms with Crippen molar-refractivity contribution in [1.29, 1.82) is 0 Å². The number of nitrogens with two attached hydrogens (primary N) is 1. The molecular weight excluding hydrogens is 332 g/mol. The van der Waals surface area contributed by atoms with Crippen LogP contribution in [0.3, 0.4) is 0 Å². The number of sulfonamides is 2. The second-order valence-corrected chi connectivity index (χ2v) is 8.95. The number of benzene rings is 1. The summed E-state index contributed by atoms with van der Waals surface area (Å²) in [6.45, 7) is 0.182. The lowest BCUT2D eigenvalue weighted by molar-refractivity contribution is 0.581.